The summed E-state index contributed by atoms with van der Waals surface area (Å²) in [5, 5.41) is 2.98. The van der Waals surface area contributed by atoms with E-state index in [0.29, 0.717) is 12.1 Å². The monoisotopic (exact) mass is 385 g/mol. The topological polar surface area (TPSA) is 44.8 Å². The minimum absolute atomic E-state index is 0.0685. The van der Waals surface area contributed by atoms with Gasteiger partial charge in [0.25, 0.3) is 5.91 Å². The predicted octanol–water partition coefficient (Wildman–Crippen LogP) is 3.16. The Morgan fingerprint density at radius 3 is 2.29 bits per heavy atom. The minimum atomic E-state index is -0.208. The first-order chi connectivity index (χ1) is 13.5. The largest absolute Gasteiger partial charge is 0.491 e. The summed E-state index contributed by atoms with van der Waals surface area (Å²) in [6.45, 7) is 9.02. The van der Waals surface area contributed by atoms with Gasteiger partial charge in [-0.25, -0.2) is 4.39 Å². The zero-order valence-electron chi connectivity index (χ0n) is 16.5. The maximum absolute atomic E-state index is 13.0. The van der Waals surface area contributed by atoms with Crippen LogP contribution in [0.3, 0.4) is 0 Å². The van der Waals surface area contributed by atoms with Gasteiger partial charge in [0.2, 0.25) is 0 Å². The van der Waals surface area contributed by atoms with Gasteiger partial charge in [0.15, 0.2) is 0 Å². The fourth-order valence-corrected chi connectivity index (χ4v) is 3.27. The van der Waals surface area contributed by atoms with Crippen LogP contribution in [0.2, 0.25) is 0 Å². The van der Waals surface area contributed by atoms with Crippen LogP contribution in [0.4, 0.5) is 10.1 Å². The summed E-state index contributed by atoms with van der Waals surface area (Å²) in [7, 11) is 0. The van der Waals surface area contributed by atoms with Crippen LogP contribution in [0, 0.1) is 5.82 Å². The molecule has 1 N–H and O–H groups in total. The van der Waals surface area contributed by atoms with E-state index in [9.17, 15) is 9.18 Å². The molecule has 0 unspecified atom stereocenters. The number of ether oxygens (including phenoxy) is 1. The average Bonchev–Trinajstić information content (AvgIpc) is 2.69. The van der Waals surface area contributed by atoms with Gasteiger partial charge in [-0.2, -0.15) is 0 Å². The summed E-state index contributed by atoms with van der Waals surface area (Å²) in [6, 6.07) is 13.9. The third kappa shape index (κ3) is 5.70. The maximum atomic E-state index is 13.0. The number of hydrogen-bond acceptors (Lipinski definition) is 4. The van der Waals surface area contributed by atoms with Crippen molar-refractivity contribution in [2.75, 3.05) is 44.2 Å². The highest BCUT2D eigenvalue weighted by atomic mass is 19.1. The quantitative estimate of drug-likeness (QED) is 0.795. The van der Waals surface area contributed by atoms with Gasteiger partial charge in [0.05, 0.1) is 6.10 Å². The van der Waals surface area contributed by atoms with E-state index in [1.165, 1.54) is 12.1 Å². The van der Waals surface area contributed by atoms with Crippen LogP contribution in [-0.4, -0.2) is 56.2 Å². The molecule has 3 rings (SSSR count). The smallest absolute Gasteiger partial charge is 0.251 e. The molecule has 1 aliphatic heterocycles. The molecule has 0 radical (unpaired) electrons. The summed E-state index contributed by atoms with van der Waals surface area (Å²) < 4.78 is 18.6. The lowest BCUT2D eigenvalue weighted by molar-refractivity contribution is 0.0947. The molecular weight excluding hydrogens is 357 g/mol. The average molecular weight is 385 g/mol. The molecule has 2 aromatic rings. The molecule has 0 aromatic heterocycles. The van der Waals surface area contributed by atoms with E-state index in [-0.39, 0.29) is 17.8 Å². The minimum Gasteiger partial charge on any atom is -0.491 e. The van der Waals surface area contributed by atoms with Gasteiger partial charge < -0.3 is 15.0 Å². The summed E-state index contributed by atoms with van der Waals surface area (Å²) in [6.07, 6.45) is 0.114. The Morgan fingerprint density at radius 2 is 1.68 bits per heavy atom. The SMILES string of the molecule is CC(C)Oc1ccc(C(=O)NCCN2CCN(c3ccc(F)cc3)CC2)cc1. The predicted molar refractivity (Wildman–Crippen MR) is 110 cm³/mol. The molecule has 0 atom stereocenters. The first-order valence-corrected chi connectivity index (χ1v) is 9.79. The van der Waals surface area contributed by atoms with Crippen molar-refractivity contribution in [3.63, 3.8) is 0 Å². The lowest BCUT2D eigenvalue weighted by atomic mass is 10.2. The molecule has 150 valence electrons. The highest BCUT2D eigenvalue weighted by Crippen LogP contribution is 2.17. The van der Waals surface area contributed by atoms with Gasteiger partial charge in [0.1, 0.15) is 11.6 Å². The third-order valence-electron chi connectivity index (χ3n) is 4.77. The number of hydrogen-bond donors (Lipinski definition) is 1. The van der Waals surface area contributed by atoms with Crippen LogP contribution in [0.1, 0.15) is 24.2 Å². The van der Waals surface area contributed by atoms with E-state index >= 15 is 0 Å². The van der Waals surface area contributed by atoms with Gasteiger partial charge in [0, 0.05) is 50.5 Å². The van der Waals surface area contributed by atoms with Crippen molar-refractivity contribution in [3.05, 3.63) is 59.9 Å². The number of halogens is 1. The van der Waals surface area contributed by atoms with Crippen LogP contribution in [0.15, 0.2) is 48.5 Å². The van der Waals surface area contributed by atoms with Gasteiger partial charge in [-0.05, 0) is 62.4 Å². The van der Waals surface area contributed by atoms with Crippen LogP contribution in [0.25, 0.3) is 0 Å². The molecule has 0 aliphatic carbocycles. The lowest BCUT2D eigenvalue weighted by Gasteiger charge is -2.36. The zero-order chi connectivity index (χ0) is 19.9. The third-order valence-corrected chi connectivity index (χ3v) is 4.77. The first kappa shape index (κ1) is 20.1. The second-order valence-corrected chi connectivity index (χ2v) is 7.25. The van der Waals surface area contributed by atoms with Crippen LogP contribution in [0.5, 0.6) is 5.75 Å². The first-order valence-electron chi connectivity index (χ1n) is 9.79. The van der Waals surface area contributed by atoms with Crippen molar-refractivity contribution in [1.82, 2.24) is 10.2 Å². The van der Waals surface area contributed by atoms with Crippen LogP contribution >= 0.6 is 0 Å². The molecular formula is C22H28FN3O2. The van der Waals surface area contributed by atoms with E-state index in [2.05, 4.69) is 15.1 Å². The Balaban J connectivity index is 1.38. The highest BCUT2D eigenvalue weighted by molar-refractivity contribution is 5.94. The van der Waals surface area contributed by atoms with Crippen LogP contribution in [-0.2, 0) is 0 Å². The normalized spacial score (nSPS) is 14.9. The number of carbonyl (C=O) groups excluding carboxylic acids is 1. The number of nitrogens with zero attached hydrogens (tertiary/aromatic N) is 2. The number of nitrogens with one attached hydrogen (secondary N) is 1. The van der Waals surface area contributed by atoms with E-state index in [1.807, 2.05) is 38.1 Å². The fourth-order valence-electron chi connectivity index (χ4n) is 3.27. The molecule has 2 aromatic carbocycles. The number of amides is 1. The Labute approximate surface area is 166 Å². The molecule has 28 heavy (non-hydrogen) atoms. The Kier molecular flexibility index (Phi) is 6.87. The summed E-state index contributed by atoms with van der Waals surface area (Å²) in [5.41, 5.74) is 1.69. The molecule has 1 aliphatic rings. The number of piperazine rings is 1. The molecule has 1 heterocycles. The van der Waals surface area contributed by atoms with E-state index in [1.54, 1.807) is 12.1 Å². The van der Waals surface area contributed by atoms with Crippen molar-refractivity contribution < 1.29 is 13.9 Å². The van der Waals surface area contributed by atoms with Crippen molar-refractivity contribution in [2.45, 2.75) is 20.0 Å². The van der Waals surface area contributed by atoms with Gasteiger partial charge >= 0.3 is 0 Å². The number of benzene rings is 2. The van der Waals surface area contributed by atoms with Gasteiger partial charge in [-0.15, -0.1) is 0 Å². The fraction of sp³-hybridized carbons (Fsp3) is 0.409. The lowest BCUT2D eigenvalue weighted by Crippen LogP contribution is -2.48. The van der Waals surface area contributed by atoms with Crippen LogP contribution < -0.4 is 15.0 Å². The molecule has 0 bridgehead atoms. The summed E-state index contributed by atoms with van der Waals surface area (Å²) in [5.74, 6) is 0.492. The molecule has 1 fully saturated rings. The molecule has 6 heteroatoms. The van der Waals surface area contributed by atoms with E-state index in [4.69, 9.17) is 4.74 Å². The maximum Gasteiger partial charge on any atom is 0.251 e. The molecule has 5 nitrogen and oxygen atoms in total. The van der Waals surface area contributed by atoms with Crippen molar-refractivity contribution in [2.24, 2.45) is 0 Å². The van der Waals surface area contributed by atoms with E-state index < -0.39 is 0 Å². The number of anilines is 1. The molecule has 1 saturated heterocycles. The Bertz CT molecular complexity index is 754. The Hall–Kier alpha value is -2.60. The summed E-state index contributed by atoms with van der Waals surface area (Å²) in [4.78, 5) is 16.9. The Morgan fingerprint density at radius 1 is 1.04 bits per heavy atom. The highest BCUT2D eigenvalue weighted by Gasteiger charge is 2.17. The van der Waals surface area contributed by atoms with Crippen molar-refractivity contribution >= 4 is 11.6 Å². The number of rotatable bonds is 7. The molecule has 0 spiro atoms. The van der Waals surface area contributed by atoms with Gasteiger partial charge in [-0.3, -0.25) is 9.69 Å². The van der Waals surface area contributed by atoms with Crippen molar-refractivity contribution in [1.29, 1.82) is 0 Å². The van der Waals surface area contributed by atoms with E-state index in [0.717, 1.165) is 44.2 Å². The second-order valence-electron chi connectivity index (χ2n) is 7.25. The standard InChI is InChI=1S/C22H28FN3O2/c1-17(2)28-21-9-3-18(4-10-21)22(27)24-11-12-25-13-15-26(16-14-25)20-7-5-19(23)6-8-20/h3-10,17H,11-16H2,1-2H3,(H,24,27). The molecule has 0 saturated carbocycles. The second kappa shape index (κ2) is 9.55. The van der Waals surface area contributed by atoms with Gasteiger partial charge in [-0.1, -0.05) is 0 Å². The number of carbonyl (C=O) groups is 1. The van der Waals surface area contributed by atoms with Crippen molar-refractivity contribution in [3.8, 4) is 5.75 Å². The summed E-state index contributed by atoms with van der Waals surface area (Å²) >= 11 is 0. The zero-order valence-corrected chi connectivity index (χ0v) is 16.5. The molecule has 1 amide bonds.